The van der Waals surface area contributed by atoms with Crippen LogP contribution in [0.4, 0.5) is 14.5 Å². The average Bonchev–Trinajstić information content (AvgIpc) is 3.05. The SMILES string of the molecule is Cc1nn(-c2ccccc2)c(C)c1[C@@H]1C(=O)NCCN1CC(=O)Nc1ccc(F)cc1F. The summed E-state index contributed by atoms with van der Waals surface area (Å²) in [6.45, 7) is 4.40. The van der Waals surface area contributed by atoms with Crippen LogP contribution in [-0.2, 0) is 9.59 Å². The maximum atomic E-state index is 13.9. The van der Waals surface area contributed by atoms with Gasteiger partial charge in [-0.25, -0.2) is 13.5 Å². The van der Waals surface area contributed by atoms with Crippen molar-refractivity contribution < 1.29 is 18.4 Å². The number of benzene rings is 2. The molecule has 1 aromatic heterocycles. The summed E-state index contributed by atoms with van der Waals surface area (Å²) in [5.74, 6) is -2.31. The van der Waals surface area contributed by atoms with Crippen molar-refractivity contribution in [2.45, 2.75) is 19.9 Å². The Morgan fingerprint density at radius 2 is 1.94 bits per heavy atom. The molecular formula is C23H23F2N5O2. The Labute approximate surface area is 184 Å². The number of anilines is 1. The van der Waals surface area contributed by atoms with E-state index in [-0.39, 0.29) is 18.1 Å². The lowest BCUT2D eigenvalue weighted by Crippen LogP contribution is -2.52. The molecule has 1 aliphatic heterocycles. The highest BCUT2D eigenvalue weighted by Gasteiger charge is 2.36. The Kier molecular flexibility index (Phi) is 6.00. The molecule has 9 heteroatoms. The maximum Gasteiger partial charge on any atom is 0.242 e. The first-order chi connectivity index (χ1) is 15.3. The number of hydrogen-bond donors (Lipinski definition) is 2. The third-order valence-electron chi connectivity index (χ3n) is 5.49. The topological polar surface area (TPSA) is 79.3 Å². The zero-order valence-electron chi connectivity index (χ0n) is 17.7. The largest absolute Gasteiger partial charge is 0.353 e. The minimum Gasteiger partial charge on any atom is -0.353 e. The number of aryl methyl sites for hydroxylation is 1. The van der Waals surface area contributed by atoms with E-state index in [9.17, 15) is 18.4 Å². The zero-order valence-corrected chi connectivity index (χ0v) is 17.7. The minimum absolute atomic E-state index is 0.112. The van der Waals surface area contributed by atoms with Gasteiger partial charge in [-0.1, -0.05) is 18.2 Å². The van der Waals surface area contributed by atoms with Crippen molar-refractivity contribution in [2.75, 3.05) is 25.0 Å². The number of carbonyl (C=O) groups is 2. The predicted octanol–water partition coefficient (Wildman–Crippen LogP) is 2.88. The van der Waals surface area contributed by atoms with Gasteiger partial charge < -0.3 is 10.6 Å². The molecule has 2 amide bonds. The number of rotatable bonds is 5. The second-order valence-corrected chi connectivity index (χ2v) is 7.67. The number of carbonyl (C=O) groups excluding carboxylic acids is 2. The van der Waals surface area contributed by atoms with Crippen LogP contribution in [0.5, 0.6) is 0 Å². The van der Waals surface area contributed by atoms with E-state index in [1.807, 2.05) is 44.2 Å². The van der Waals surface area contributed by atoms with Gasteiger partial charge in [-0.05, 0) is 38.1 Å². The second-order valence-electron chi connectivity index (χ2n) is 7.67. The van der Waals surface area contributed by atoms with Gasteiger partial charge in [-0.2, -0.15) is 5.10 Å². The van der Waals surface area contributed by atoms with Crippen molar-refractivity contribution in [1.29, 1.82) is 0 Å². The zero-order chi connectivity index (χ0) is 22.8. The summed E-state index contributed by atoms with van der Waals surface area (Å²) >= 11 is 0. The van der Waals surface area contributed by atoms with Crippen LogP contribution < -0.4 is 10.6 Å². The molecule has 166 valence electrons. The van der Waals surface area contributed by atoms with Crippen LogP contribution in [0.3, 0.4) is 0 Å². The van der Waals surface area contributed by atoms with E-state index in [1.165, 1.54) is 6.07 Å². The Balaban J connectivity index is 1.60. The molecule has 0 spiro atoms. The molecule has 1 aliphatic rings. The highest BCUT2D eigenvalue weighted by molar-refractivity contribution is 5.93. The molecule has 3 aromatic rings. The quantitative estimate of drug-likeness (QED) is 0.641. The Morgan fingerprint density at radius 1 is 1.19 bits per heavy atom. The van der Waals surface area contributed by atoms with E-state index in [4.69, 9.17) is 0 Å². The molecule has 1 atom stereocenters. The third kappa shape index (κ3) is 4.24. The molecule has 0 bridgehead atoms. The molecule has 32 heavy (non-hydrogen) atoms. The first kappa shape index (κ1) is 21.6. The van der Waals surface area contributed by atoms with Crippen LogP contribution in [0.25, 0.3) is 5.69 Å². The summed E-state index contributed by atoms with van der Waals surface area (Å²) in [4.78, 5) is 27.2. The average molecular weight is 439 g/mol. The molecule has 0 aliphatic carbocycles. The highest BCUT2D eigenvalue weighted by atomic mass is 19.1. The fourth-order valence-corrected chi connectivity index (χ4v) is 4.03. The minimum atomic E-state index is -0.859. The van der Waals surface area contributed by atoms with Crippen molar-refractivity contribution in [3.63, 3.8) is 0 Å². The predicted molar refractivity (Wildman–Crippen MR) is 115 cm³/mol. The smallest absolute Gasteiger partial charge is 0.242 e. The number of amides is 2. The van der Waals surface area contributed by atoms with Gasteiger partial charge in [-0.3, -0.25) is 14.5 Å². The Hall–Kier alpha value is -3.59. The van der Waals surface area contributed by atoms with Gasteiger partial charge in [0.1, 0.15) is 17.7 Å². The number of aromatic nitrogens is 2. The maximum absolute atomic E-state index is 13.9. The van der Waals surface area contributed by atoms with Gasteiger partial charge in [-0.15, -0.1) is 0 Å². The third-order valence-corrected chi connectivity index (χ3v) is 5.49. The summed E-state index contributed by atoms with van der Waals surface area (Å²) in [7, 11) is 0. The molecule has 0 saturated carbocycles. The van der Waals surface area contributed by atoms with Gasteiger partial charge in [0.05, 0.1) is 23.6 Å². The normalized spacial score (nSPS) is 16.6. The number of piperazine rings is 1. The molecule has 2 aromatic carbocycles. The van der Waals surface area contributed by atoms with Crippen molar-refractivity contribution in [2.24, 2.45) is 0 Å². The molecule has 0 radical (unpaired) electrons. The van der Waals surface area contributed by atoms with E-state index >= 15 is 0 Å². The molecule has 0 unspecified atom stereocenters. The number of hydrogen-bond acceptors (Lipinski definition) is 4. The van der Waals surface area contributed by atoms with Gasteiger partial charge in [0.2, 0.25) is 11.8 Å². The Morgan fingerprint density at radius 3 is 2.66 bits per heavy atom. The first-order valence-electron chi connectivity index (χ1n) is 10.2. The van der Waals surface area contributed by atoms with E-state index in [0.29, 0.717) is 24.8 Å². The lowest BCUT2D eigenvalue weighted by molar-refractivity contribution is -0.130. The van der Waals surface area contributed by atoms with E-state index in [0.717, 1.165) is 23.0 Å². The summed E-state index contributed by atoms with van der Waals surface area (Å²) in [5.41, 5.74) is 2.96. The lowest BCUT2D eigenvalue weighted by atomic mass is 10.00. The van der Waals surface area contributed by atoms with E-state index in [2.05, 4.69) is 15.7 Å². The molecule has 4 rings (SSSR count). The molecule has 2 N–H and O–H groups in total. The van der Waals surface area contributed by atoms with E-state index < -0.39 is 23.6 Å². The lowest BCUT2D eigenvalue weighted by Gasteiger charge is -2.34. The van der Waals surface area contributed by atoms with Gasteiger partial charge in [0.15, 0.2) is 0 Å². The van der Waals surface area contributed by atoms with Crippen LogP contribution >= 0.6 is 0 Å². The van der Waals surface area contributed by atoms with Gasteiger partial charge >= 0.3 is 0 Å². The highest BCUT2D eigenvalue weighted by Crippen LogP contribution is 2.30. The summed E-state index contributed by atoms with van der Waals surface area (Å²) < 4.78 is 28.8. The summed E-state index contributed by atoms with van der Waals surface area (Å²) in [6.07, 6.45) is 0. The Bertz CT molecular complexity index is 1160. The van der Waals surface area contributed by atoms with Gasteiger partial charge in [0, 0.05) is 30.4 Å². The monoisotopic (exact) mass is 439 g/mol. The second kappa shape index (κ2) is 8.88. The number of nitrogens with one attached hydrogen (secondary N) is 2. The molecule has 2 heterocycles. The van der Waals surface area contributed by atoms with Crippen molar-refractivity contribution in [3.8, 4) is 5.69 Å². The number of nitrogens with zero attached hydrogens (tertiary/aromatic N) is 3. The molecule has 1 saturated heterocycles. The van der Waals surface area contributed by atoms with Crippen molar-refractivity contribution >= 4 is 17.5 Å². The molecule has 1 fully saturated rings. The standard InChI is InChI=1S/C23H23F2N5O2/c1-14-21(15(2)30(28-14)17-6-4-3-5-7-17)22-23(32)26-10-11-29(22)13-20(31)27-19-9-8-16(24)12-18(19)25/h3-9,12,22H,10-11,13H2,1-2H3,(H,26,32)(H,27,31)/t22-/m1/s1. The van der Waals surface area contributed by atoms with Crippen LogP contribution in [-0.4, -0.2) is 46.1 Å². The van der Waals surface area contributed by atoms with Crippen molar-refractivity contribution in [3.05, 3.63) is 77.1 Å². The van der Waals surface area contributed by atoms with Gasteiger partial charge in [0.25, 0.3) is 0 Å². The fraction of sp³-hybridized carbons (Fsp3) is 0.261. The summed E-state index contributed by atoms with van der Waals surface area (Å²) in [5, 5.41) is 9.92. The van der Waals surface area contributed by atoms with Crippen LogP contribution in [0.15, 0.2) is 48.5 Å². The van der Waals surface area contributed by atoms with Crippen molar-refractivity contribution in [1.82, 2.24) is 20.0 Å². The van der Waals surface area contributed by atoms with Crippen LogP contribution in [0.2, 0.25) is 0 Å². The number of para-hydroxylation sites is 1. The first-order valence-corrected chi connectivity index (χ1v) is 10.2. The van der Waals surface area contributed by atoms with E-state index in [1.54, 1.807) is 9.58 Å². The molecule has 7 nitrogen and oxygen atoms in total. The number of halogens is 2. The van der Waals surface area contributed by atoms with Crippen LogP contribution in [0, 0.1) is 25.5 Å². The fourth-order valence-electron chi connectivity index (χ4n) is 4.03. The molecular weight excluding hydrogens is 416 g/mol. The summed E-state index contributed by atoms with van der Waals surface area (Å²) in [6, 6.07) is 11.8. The van der Waals surface area contributed by atoms with Crippen LogP contribution in [0.1, 0.15) is 23.0 Å².